The first-order valence-electron chi connectivity index (χ1n) is 19.7. The number of hydrogen-bond acceptors (Lipinski definition) is 7. The van der Waals surface area contributed by atoms with E-state index in [2.05, 4.69) is 20.8 Å². The lowest BCUT2D eigenvalue weighted by atomic mass is 9.95. The highest BCUT2D eigenvalue weighted by Gasteiger charge is 2.29. The molecule has 2 atom stereocenters. The van der Waals surface area contributed by atoms with E-state index in [0.29, 0.717) is 17.4 Å². The molecule has 10 heteroatoms. The van der Waals surface area contributed by atoms with Crippen molar-refractivity contribution in [3.63, 3.8) is 0 Å². The third-order valence-corrected chi connectivity index (χ3v) is 9.77. The lowest BCUT2D eigenvalue weighted by Gasteiger charge is -2.25. The van der Waals surface area contributed by atoms with Crippen molar-refractivity contribution in [2.75, 3.05) is 47.5 Å². The lowest BCUT2D eigenvalue weighted by Crippen LogP contribution is -2.37. The molecular weight excluding hydrogens is 629 g/mol. The summed E-state index contributed by atoms with van der Waals surface area (Å²) in [6, 6.07) is 0. The van der Waals surface area contributed by atoms with Crippen molar-refractivity contribution < 1.29 is 42.1 Å². The number of ether oxygens (including phenoxy) is 2. The van der Waals surface area contributed by atoms with E-state index in [1.54, 1.807) is 0 Å². The van der Waals surface area contributed by atoms with Gasteiger partial charge in [0, 0.05) is 6.42 Å². The van der Waals surface area contributed by atoms with E-state index in [9.17, 15) is 19.0 Å². The quantitative estimate of drug-likeness (QED) is 0.0300. The summed E-state index contributed by atoms with van der Waals surface area (Å²) in [5.41, 5.74) is 0. The Bertz CT molecular complexity index is 809. The Kier molecular flexibility index (Phi) is 30.2. The van der Waals surface area contributed by atoms with Crippen LogP contribution in [0.1, 0.15) is 175 Å². The molecule has 0 heterocycles. The Morgan fingerprint density at radius 2 is 1.06 bits per heavy atom. The molecule has 0 bridgehead atoms. The molecule has 0 aliphatic rings. The second kappa shape index (κ2) is 30.8. The van der Waals surface area contributed by atoms with Gasteiger partial charge in [-0.25, -0.2) is 4.57 Å². The van der Waals surface area contributed by atoms with Crippen molar-refractivity contribution in [3.8, 4) is 0 Å². The predicted molar refractivity (Wildman–Crippen MR) is 197 cm³/mol. The average Bonchev–Trinajstić information content (AvgIpc) is 3.02. The number of unbranched alkanes of at least 4 members (excludes halogenated alkanes) is 18. The van der Waals surface area contributed by atoms with Crippen LogP contribution in [0, 0.1) is 5.92 Å². The molecule has 286 valence electrons. The summed E-state index contributed by atoms with van der Waals surface area (Å²) in [5.74, 6) is -0.990. The molecule has 0 aliphatic heterocycles. The molecule has 0 rings (SSSR count). The van der Waals surface area contributed by atoms with E-state index >= 15 is 0 Å². The number of quaternary nitrogens is 1. The molecule has 0 saturated heterocycles. The van der Waals surface area contributed by atoms with Crippen molar-refractivity contribution in [2.45, 2.75) is 181 Å². The number of esters is 2. The fourth-order valence-electron chi connectivity index (χ4n) is 5.58. The number of phosphoric acid groups is 1. The van der Waals surface area contributed by atoms with Gasteiger partial charge in [0.25, 0.3) is 0 Å². The third kappa shape index (κ3) is 31.0. The van der Waals surface area contributed by atoms with Crippen LogP contribution in [-0.2, 0) is 32.7 Å². The zero-order valence-corrected chi connectivity index (χ0v) is 33.0. The summed E-state index contributed by atoms with van der Waals surface area (Å²) in [5, 5.41) is 0. The number of carbonyl (C=O) groups excluding carboxylic acids is 2. The summed E-state index contributed by atoms with van der Waals surface area (Å²) in [4.78, 5) is 36.0. The molecular formula is C38H77NO8P+. The highest BCUT2D eigenvalue weighted by atomic mass is 31.2. The molecule has 0 spiro atoms. The Morgan fingerprint density at radius 3 is 1.52 bits per heavy atom. The molecule has 0 saturated carbocycles. The van der Waals surface area contributed by atoms with Crippen molar-refractivity contribution in [3.05, 3.63) is 0 Å². The van der Waals surface area contributed by atoms with Crippen LogP contribution >= 0.6 is 7.82 Å². The van der Waals surface area contributed by atoms with Gasteiger partial charge in [-0.15, -0.1) is 0 Å². The number of likely N-dealkylation sites (N-methyl/N-ethyl adjacent to an activating group) is 1. The van der Waals surface area contributed by atoms with Gasteiger partial charge in [0.2, 0.25) is 0 Å². The van der Waals surface area contributed by atoms with Crippen LogP contribution in [0.2, 0.25) is 0 Å². The van der Waals surface area contributed by atoms with Crippen LogP contribution in [0.3, 0.4) is 0 Å². The van der Waals surface area contributed by atoms with Crippen LogP contribution in [0.25, 0.3) is 0 Å². The Balaban J connectivity index is 4.66. The highest BCUT2D eigenvalue weighted by molar-refractivity contribution is 7.47. The van der Waals surface area contributed by atoms with Crippen molar-refractivity contribution in [2.24, 2.45) is 5.92 Å². The Morgan fingerprint density at radius 1 is 0.625 bits per heavy atom. The molecule has 48 heavy (non-hydrogen) atoms. The van der Waals surface area contributed by atoms with Crippen LogP contribution in [-0.4, -0.2) is 74.9 Å². The minimum absolute atomic E-state index is 0.0346. The molecule has 0 fully saturated rings. The number of phosphoric ester groups is 1. The first kappa shape index (κ1) is 47.0. The topological polar surface area (TPSA) is 108 Å². The second-order valence-corrected chi connectivity index (χ2v) is 16.2. The molecule has 1 N–H and O–H groups in total. The normalized spacial score (nSPS) is 13.8. The van der Waals surface area contributed by atoms with Crippen LogP contribution < -0.4 is 0 Å². The molecule has 0 amide bonds. The average molecular weight is 707 g/mol. The molecule has 0 aromatic carbocycles. The largest absolute Gasteiger partial charge is 0.472 e. The second-order valence-electron chi connectivity index (χ2n) is 14.7. The Labute approximate surface area is 295 Å². The van der Waals surface area contributed by atoms with Gasteiger partial charge in [0.15, 0.2) is 6.10 Å². The van der Waals surface area contributed by atoms with Crippen LogP contribution in [0.15, 0.2) is 0 Å². The molecule has 0 radical (unpaired) electrons. The SMILES string of the molecule is CCCCCCCCCCCCCCCCCC(=O)OCC(COP(=O)(O)OCC[N+](C)(C)C)OC(=O)C(CCCCC)CCCCC. The van der Waals surface area contributed by atoms with E-state index in [-0.39, 0.29) is 31.1 Å². The number of hydrogen-bond donors (Lipinski definition) is 1. The van der Waals surface area contributed by atoms with Crippen molar-refractivity contribution in [1.82, 2.24) is 0 Å². The van der Waals surface area contributed by atoms with E-state index in [4.69, 9.17) is 18.5 Å². The fourth-order valence-corrected chi connectivity index (χ4v) is 6.32. The first-order valence-corrected chi connectivity index (χ1v) is 21.2. The van der Waals surface area contributed by atoms with Crippen LogP contribution in [0.5, 0.6) is 0 Å². The molecule has 0 aromatic heterocycles. The molecule has 2 unspecified atom stereocenters. The minimum atomic E-state index is -4.38. The highest BCUT2D eigenvalue weighted by Crippen LogP contribution is 2.43. The number of rotatable bonds is 35. The maximum atomic E-state index is 13.2. The van der Waals surface area contributed by atoms with Crippen molar-refractivity contribution >= 4 is 19.8 Å². The maximum absolute atomic E-state index is 13.2. The van der Waals surface area contributed by atoms with E-state index in [1.807, 2.05) is 21.1 Å². The standard InChI is InChI=1S/C38H76NO8P/c1-7-10-13-14-15-16-17-18-19-20-21-22-23-24-27-30-37(40)44-33-36(34-46-48(42,43)45-32-31-39(4,5)6)47-38(41)35(28-25-11-8-2)29-26-12-9-3/h35-36H,7-34H2,1-6H3/p+1. The third-order valence-electron chi connectivity index (χ3n) is 8.78. The maximum Gasteiger partial charge on any atom is 0.472 e. The zero-order chi connectivity index (χ0) is 35.9. The van der Waals surface area contributed by atoms with Gasteiger partial charge in [-0.1, -0.05) is 149 Å². The van der Waals surface area contributed by atoms with E-state index < -0.39 is 20.5 Å². The van der Waals surface area contributed by atoms with Crippen molar-refractivity contribution in [1.29, 1.82) is 0 Å². The molecule has 0 aliphatic carbocycles. The smallest absolute Gasteiger partial charge is 0.462 e. The van der Waals surface area contributed by atoms with E-state index in [1.165, 1.54) is 77.0 Å². The van der Waals surface area contributed by atoms with Gasteiger partial charge >= 0.3 is 19.8 Å². The fraction of sp³-hybridized carbons (Fsp3) is 0.947. The summed E-state index contributed by atoms with van der Waals surface area (Å²) in [6.45, 7) is 6.44. The summed E-state index contributed by atoms with van der Waals surface area (Å²) >= 11 is 0. The van der Waals surface area contributed by atoms with Gasteiger partial charge in [0.05, 0.1) is 33.7 Å². The zero-order valence-electron chi connectivity index (χ0n) is 32.2. The summed E-state index contributed by atoms with van der Waals surface area (Å²) < 4.78 is 34.7. The summed E-state index contributed by atoms with van der Waals surface area (Å²) in [7, 11) is 1.48. The minimum Gasteiger partial charge on any atom is -0.462 e. The van der Waals surface area contributed by atoms with Gasteiger partial charge in [0.1, 0.15) is 19.8 Å². The number of carbonyl (C=O) groups is 2. The summed E-state index contributed by atoms with van der Waals surface area (Å²) in [6.07, 6.45) is 25.7. The van der Waals surface area contributed by atoms with E-state index in [0.717, 1.165) is 70.6 Å². The molecule has 0 aromatic rings. The monoisotopic (exact) mass is 707 g/mol. The van der Waals surface area contributed by atoms with Gasteiger partial charge < -0.3 is 18.9 Å². The lowest BCUT2D eigenvalue weighted by molar-refractivity contribution is -0.870. The Hall–Kier alpha value is -0.990. The first-order chi connectivity index (χ1) is 22.9. The van der Waals surface area contributed by atoms with Gasteiger partial charge in [-0.2, -0.15) is 0 Å². The predicted octanol–water partition coefficient (Wildman–Crippen LogP) is 10.3. The number of nitrogens with zero attached hydrogens (tertiary/aromatic N) is 1. The molecule has 9 nitrogen and oxygen atoms in total. The van der Waals surface area contributed by atoms with Gasteiger partial charge in [-0.05, 0) is 19.3 Å². The van der Waals surface area contributed by atoms with Crippen LogP contribution in [0.4, 0.5) is 0 Å². The van der Waals surface area contributed by atoms with Gasteiger partial charge in [-0.3, -0.25) is 18.6 Å².